The Morgan fingerprint density at radius 3 is 1.73 bits per heavy atom. The third-order valence-electron chi connectivity index (χ3n) is 3.79. The molecule has 0 spiro atoms. The van der Waals surface area contributed by atoms with E-state index in [2.05, 4.69) is 15.9 Å². The standard InChI is InChI=1S/C19H35BrO2/c1-2-22-19(21)17-15-13-11-9-7-5-3-4-6-8-10-12-14-16-18-20/h15,17H,2-14,16,18H2,1H3/b17-15+. The zero-order chi connectivity index (χ0) is 16.3. The molecule has 0 rings (SSSR count). The van der Waals surface area contributed by atoms with Crippen molar-refractivity contribution in [3.05, 3.63) is 12.2 Å². The molecule has 0 aliphatic heterocycles. The molecular formula is C19H35BrO2. The molecule has 0 unspecified atom stereocenters. The van der Waals surface area contributed by atoms with Gasteiger partial charge in [-0.1, -0.05) is 86.2 Å². The zero-order valence-electron chi connectivity index (χ0n) is 14.5. The molecule has 0 aromatic rings. The Morgan fingerprint density at radius 2 is 1.27 bits per heavy atom. The molecule has 0 N–H and O–H groups in total. The third kappa shape index (κ3) is 17.7. The molecule has 0 saturated carbocycles. The van der Waals surface area contributed by atoms with Crippen LogP contribution >= 0.6 is 15.9 Å². The van der Waals surface area contributed by atoms with E-state index in [0.29, 0.717) is 6.61 Å². The minimum absolute atomic E-state index is 0.213. The summed E-state index contributed by atoms with van der Waals surface area (Å²) in [5.41, 5.74) is 0. The lowest BCUT2D eigenvalue weighted by atomic mass is 10.0. The highest BCUT2D eigenvalue weighted by molar-refractivity contribution is 9.09. The number of esters is 1. The summed E-state index contributed by atoms with van der Waals surface area (Å²) in [5.74, 6) is -0.213. The van der Waals surface area contributed by atoms with E-state index in [1.807, 2.05) is 13.0 Å². The molecule has 0 heterocycles. The quantitative estimate of drug-likeness (QED) is 0.132. The van der Waals surface area contributed by atoms with Crippen LogP contribution in [0.25, 0.3) is 0 Å². The van der Waals surface area contributed by atoms with Crippen molar-refractivity contribution in [3.8, 4) is 0 Å². The molecule has 3 heteroatoms. The van der Waals surface area contributed by atoms with Crippen molar-refractivity contribution in [2.75, 3.05) is 11.9 Å². The number of hydrogen-bond donors (Lipinski definition) is 0. The maximum Gasteiger partial charge on any atom is 0.330 e. The first-order valence-electron chi connectivity index (χ1n) is 9.20. The Hall–Kier alpha value is -0.310. The molecule has 2 nitrogen and oxygen atoms in total. The van der Waals surface area contributed by atoms with Crippen molar-refractivity contribution in [2.24, 2.45) is 0 Å². The number of carbonyl (C=O) groups excluding carboxylic acids is 1. The van der Waals surface area contributed by atoms with Crippen LogP contribution in [0.4, 0.5) is 0 Å². The Balaban J connectivity index is 3.10. The zero-order valence-corrected chi connectivity index (χ0v) is 16.0. The average Bonchev–Trinajstić information content (AvgIpc) is 2.51. The smallest absolute Gasteiger partial charge is 0.330 e. The van der Waals surface area contributed by atoms with Gasteiger partial charge in [-0.05, 0) is 26.2 Å². The van der Waals surface area contributed by atoms with Crippen molar-refractivity contribution in [2.45, 2.75) is 90.4 Å². The van der Waals surface area contributed by atoms with Gasteiger partial charge >= 0.3 is 5.97 Å². The van der Waals surface area contributed by atoms with Gasteiger partial charge in [0.15, 0.2) is 0 Å². The van der Waals surface area contributed by atoms with Crippen LogP contribution in [0, 0.1) is 0 Å². The summed E-state index contributed by atoms with van der Waals surface area (Å²) in [7, 11) is 0. The van der Waals surface area contributed by atoms with Crippen LogP contribution in [0.3, 0.4) is 0 Å². The Morgan fingerprint density at radius 1 is 0.818 bits per heavy atom. The largest absolute Gasteiger partial charge is 0.463 e. The fraction of sp³-hybridized carbons (Fsp3) is 0.842. The molecule has 0 radical (unpaired) electrons. The number of unbranched alkanes of at least 4 members (excludes halogenated alkanes) is 12. The Labute approximate surface area is 146 Å². The van der Waals surface area contributed by atoms with E-state index in [1.165, 1.54) is 77.0 Å². The normalized spacial score (nSPS) is 11.2. The number of carbonyl (C=O) groups is 1. The van der Waals surface area contributed by atoms with Crippen molar-refractivity contribution in [1.82, 2.24) is 0 Å². The summed E-state index contributed by atoms with van der Waals surface area (Å²) in [6, 6.07) is 0. The van der Waals surface area contributed by atoms with E-state index in [-0.39, 0.29) is 5.97 Å². The average molecular weight is 375 g/mol. The van der Waals surface area contributed by atoms with Crippen molar-refractivity contribution in [1.29, 1.82) is 0 Å². The topological polar surface area (TPSA) is 26.3 Å². The van der Waals surface area contributed by atoms with Crippen LogP contribution in [0.1, 0.15) is 90.4 Å². The third-order valence-corrected chi connectivity index (χ3v) is 4.36. The summed E-state index contributed by atoms with van der Waals surface area (Å²) in [4.78, 5) is 11.1. The predicted molar refractivity (Wildman–Crippen MR) is 99.6 cm³/mol. The fourth-order valence-electron chi connectivity index (χ4n) is 2.49. The van der Waals surface area contributed by atoms with E-state index < -0.39 is 0 Å². The van der Waals surface area contributed by atoms with Gasteiger partial charge in [0, 0.05) is 11.4 Å². The Kier molecular flexibility index (Phi) is 18.5. The highest BCUT2D eigenvalue weighted by Crippen LogP contribution is 2.12. The molecule has 0 aromatic carbocycles. The van der Waals surface area contributed by atoms with Gasteiger partial charge in [0.05, 0.1) is 6.61 Å². The second-order valence-corrected chi connectivity index (χ2v) is 6.67. The van der Waals surface area contributed by atoms with Gasteiger partial charge in [0.1, 0.15) is 0 Å². The monoisotopic (exact) mass is 374 g/mol. The lowest BCUT2D eigenvalue weighted by Gasteiger charge is -2.02. The first kappa shape index (κ1) is 21.7. The molecule has 0 bridgehead atoms. The number of alkyl halides is 1. The lowest BCUT2D eigenvalue weighted by molar-refractivity contribution is -0.137. The SMILES string of the molecule is CCOC(=O)/C=C/CCCCCCCCCCCCCCBr. The molecule has 0 saturated heterocycles. The summed E-state index contributed by atoms with van der Waals surface area (Å²) in [6.45, 7) is 2.29. The maximum absolute atomic E-state index is 11.1. The van der Waals surface area contributed by atoms with E-state index >= 15 is 0 Å². The van der Waals surface area contributed by atoms with Gasteiger partial charge in [-0.15, -0.1) is 0 Å². The van der Waals surface area contributed by atoms with Crippen LogP contribution in [0.5, 0.6) is 0 Å². The van der Waals surface area contributed by atoms with Gasteiger partial charge in [-0.2, -0.15) is 0 Å². The van der Waals surface area contributed by atoms with Crippen LogP contribution in [0.2, 0.25) is 0 Å². The van der Waals surface area contributed by atoms with Gasteiger partial charge in [0.2, 0.25) is 0 Å². The summed E-state index contributed by atoms with van der Waals surface area (Å²) >= 11 is 3.48. The summed E-state index contributed by atoms with van der Waals surface area (Å²) in [6.07, 6.45) is 20.8. The number of halogens is 1. The molecular weight excluding hydrogens is 340 g/mol. The van der Waals surface area contributed by atoms with Gasteiger partial charge < -0.3 is 4.74 Å². The van der Waals surface area contributed by atoms with E-state index in [4.69, 9.17) is 4.74 Å². The fourth-order valence-corrected chi connectivity index (χ4v) is 2.89. The minimum atomic E-state index is -0.213. The number of ether oxygens (including phenoxy) is 1. The molecule has 0 amide bonds. The molecule has 22 heavy (non-hydrogen) atoms. The van der Waals surface area contributed by atoms with Crippen LogP contribution in [-0.4, -0.2) is 17.9 Å². The Bertz CT molecular complexity index is 264. The van der Waals surface area contributed by atoms with E-state index in [0.717, 1.165) is 11.8 Å². The molecule has 0 aromatic heterocycles. The molecule has 0 atom stereocenters. The maximum atomic E-state index is 11.1. The van der Waals surface area contributed by atoms with Gasteiger partial charge in [0.25, 0.3) is 0 Å². The summed E-state index contributed by atoms with van der Waals surface area (Å²) < 4.78 is 4.83. The van der Waals surface area contributed by atoms with Crippen LogP contribution in [-0.2, 0) is 9.53 Å². The number of rotatable bonds is 16. The minimum Gasteiger partial charge on any atom is -0.463 e. The van der Waals surface area contributed by atoms with Gasteiger partial charge in [-0.3, -0.25) is 0 Å². The highest BCUT2D eigenvalue weighted by Gasteiger charge is 1.94. The summed E-state index contributed by atoms with van der Waals surface area (Å²) in [5, 5.41) is 1.16. The molecule has 0 fully saturated rings. The van der Waals surface area contributed by atoms with Crippen LogP contribution in [0.15, 0.2) is 12.2 Å². The molecule has 0 aliphatic carbocycles. The second kappa shape index (κ2) is 18.7. The molecule has 0 aliphatic rings. The van der Waals surface area contributed by atoms with E-state index in [1.54, 1.807) is 6.08 Å². The highest BCUT2D eigenvalue weighted by atomic mass is 79.9. The second-order valence-electron chi connectivity index (χ2n) is 5.87. The lowest BCUT2D eigenvalue weighted by Crippen LogP contribution is -1.98. The van der Waals surface area contributed by atoms with Crippen molar-refractivity contribution in [3.63, 3.8) is 0 Å². The van der Waals surface area contributed by atoms with Gasteiger partial charge in [-0.25, -0.2) is 4.79 Å². The first-order chi connectivity index (χ1) is 10.8. The predicted octanol–water partition coefficient (Wildman–Crippen LogP) is 6.57. The number of allylic oxidation sites excluding steroid dienone is 1. The van der Waals surface area contributed by atoms with Crippen molar-refractivity contribution >= 4 is 21.9 Å². The number of hydrogen-bond acceptors (Lipinski definition) is 2. The van der Waals surface area contributed by atoms with Crippen LogP contribution < -0.4 is 0 Å². The molecule has 130 valence electrons. The van der Waals surface area contributed by atoms with Crippen molar-refractivity contribution < 1.29 is 9.53 Å². The first-order valence-corrected chi connectivity index (χ1v) is 10.3. The van der Waals surface area contributed by atoms with E-state index in [9.17, 15) is 4.79 Å².